The third-order valence-corrected chi connectivity index (χ3v) is 8.41. The summed E-state index contributed by atoms with van der Waals surface area (Å²) >= 11 is 0. The minimum atomic E-state index is -1.15. The van der Waals surface area contributed by atoms with Crippen LogP contribution in [0.25, 0.3) is 16.6 Å². The van der Waals surface area contributed by atoms with Gasteiger partial charge in [0.05, 0.1) is 41.2 Å². The number of carbonyl (C=O) groups is 2. The number of benzene rings is 3. The first kappa shape index (κ1) is 23.8. The fourth-order valence-corrected chi connectivity index (χ4v) is 6.98. The van der Waals surface area contributed by atoms with Crippen LogP contribution in [0.2, 0.25) is 0 Å². The summed E-state index contributed by atoms with van der Waals surface area (Å²) in [4.78, 5) is 49.0. The molecule has 4 heterocycles. The molecule has 0 radical (unpaired) electrons. The van der Waals surface area contributed by atoms with Gasteiger partial charge in [-0.3, -0.25) is 24.3 Å². The van der Waals surface area contributed by atoms with Gasteiger partial charge in [0.15, 0.2) is 0 Å². The van der Waals surface area contributed by atoms with Crippen LogP contribution < -0.4 is 20.5 Å². The summed E-state index contributed by atoms with van der Waals surface area (Å²) in [7, 11) is 1.53. The van der Waals surface area contributed by atoms with E-state index in [1.54, 1.807) is 28.8 Å². The minimum Gasteiger partial charge on any atom is -0.495 e. The average Bonchev–Trinajstić information content (AvgIpc) is 3.51. The molecule has 7 rings (SSSR count). The third kappa shape index (κ3) is 3.03. The molecule has 3 aliphatic rings. The van der Waals surface area contributed by atoms with Gasteiger partial charge in [0, 0.05) is 11.6 Å². The minimum absolute atomic E-state index is 0.191. The molecule has 39 heavy (non-hydrogen) atoms. The van der Waals surface area contributed by atoms with Gasteiger partial charge in [-0.15, -0.1) is 0 Å². The van der Waals surface area contributed by atoms with Crippen LogP contribution in [0.4, 0.5) is 5.69 Å². The highest BCUT2D eigenvalue weighted by Gasteiger charge is 2.69. The standard InChI is InChI=1S/C31H28N4O4/c1-17(2)16-21-25-26(29(38)34(28(25)37)23-14-8-9-15-24(23)39-3)31(33-21)19-11-5-7-13-22(19)35-27(36)18-10-4-6-12-20(18)32-30(31)35/h4-15,17,21,25-26,33H,16H2,1-3H3/t21-,25+,26+,31+/m0/s1. The SMILES string of the molecule is COc1ccccc1N1C(=O)[C@@H]2[C@H](CC(C)C)N[C@]3(c4ccccc4-n4c3nc3ccccc3c4=O)[C@H]2C1=O. The molecule has 1 N–H and O–H groups in total. The van der Waals surface area contributed by atoms with Crippen molar-refractivity contribution in [3.63, 3.8) is 0 Å². The molecule has 2 amide bonds. The van der Waals surface area contributed by atoms with Gasteiger partial charge in [0.25, 0.3) is 5.56 Å². The fourth-order valence-electron chi connectivity index (χ4n) is 6.98. The van der Waals surface area contributed by atoms with E-state index in [9.17, 15) is 14.4 Å². The Hall–Kier alpha value is -4.30. The van der Waals surface area contributed by atoms with Crippen molar-refractivity contribution in [2.75, 3.05) is 12.0 Å². The molecule has 4 aromatic rings. The van der Waals surface area contributed by atoms with Crippen molar-refractivity contribution in [2.24, 2.45) is 17.8 Å². The quantitative estimate of drug-likeness (QED) is 0.412. The van der Waals surface area contributed by atoms with Gasteiger partial charge in [-0.25, -0.2) is 9.88 Å². The molecule has 8 nitrogen and oxygen atoms in total. The number of para-hydroxylation sites is 4. The highest BCUT2D eigenvalue weighted by molar-refractivity contribution is 6.24. The zero-order chi connectivity index (χ0) is 27.1. The number of imide groups is 1. The van der Waals surface area contributed by atoms with Crippen molar-refractivity contribution in [3.05, 3.63) is 94.5 Å². The molecule has 3 aromatic carbocycles. The molecular weight excluding hydrogens is 492 g/mol. The molecule has 3 aliphatic heterocycles. The predicted molar refractivity (Wildman–Crippen MR) is 147 cm³/mol. The first-order valence-electron chi connectivity index (χ1n) is 13.3. The van der Waals surface area contributed by atoms with Gasteiger partial charge in [-0.1, -0.05) is 56.3 Å². The number of ether oxygens (including phenoxy) is 1. The van der Waals surface area contributed by atoms with E-state index in [-0.39, 0.29) is 29.3 Å². The van der Waals surface area contributed by atoms with Gasteiger partial charge in [-0.2, -0.15) is 0 Å². The smallest absolute Gasteiger partial charge is 0.266 e. The van der Waals surface area contributed by atoms with E-state index >= 15 is 0 Å². The molecule has 0 saturated carbocycles. The van der Waals surface area contributed by atoms with Gasteiger partial charge in [0.1, 0.15) is 17.1 Å². The van der Waals surface area contributed by atoms with Crippen LogP contribution in [0.1, 0.15) is 31.7 Å². The number of amides is 2. The summed E-state index contributed by atoms with van der Waals surface area (Å²) in [6, 6.07) is 21.7. The first-order valence-corrected chi connectivity index (χ1v) is 13.3. The number of nitrogens with one attached hydrogen (secondary N) is 1. The molecule has 196 valence electrons. The normalized spacial score (nSPS) is 25.0. The van der Waals surface area contributed by atoms with Gasteiger partial charge in [-0.05, 0) is 42.7 Å². The number of aromatic nitrogens is 2. The second-order valence-electron chi connectivity index (χ2n) is 11.0. The van der Waals surface area contributed by atoms with Crippen LogP contribution in [0.5, 0.6) is 5.75 Å². The van der Waals surface area contributed by atoms with E-state index in [4.69, 9.17) is 9.72 Å². The maximum Gasteiger partial charge on any atom is 0.266 e. The zero-order valence-corrected chi connectivity index (χ0v) is 21.9. The Kier molecular flexibility index (Phi) is 5.09. The number of methoxy groups -OCH3 is 1. The second kappa shape index (κ2) is 8.35. The Labute approximate surface area is 225 Å². The van der Waals surface area contributed by atoms with Crippen LogP contribution in [0.3, 0.4) is 0 Å². The first-order chi connectivity index (χ1) is 18.9. The summed E-state index contributed by atoms with van der Waals surface area (Å²) < 4.78 is 7.17. The number of nitrogens with zero attached hydrogens (tertiary/aromatic N) is 3. The van der Waals surface area contributed by atoms with Gasteiger partial charge in [0.2, 0.25) is 11.8 Å². The molecular formula is C31H28N4O4. The fraction of sp³-hybridized carbons (Fsp3) is 0.290. The lowest BCUT2D eigenvalue weighted by molar-refractivity contribution is -0.123. The number of hydrogen-bond acceptors (Lipinski definition) is 6. The molecule has 8 heteroatoms. The van der Waals surface area contributed by atoms with Crippen LogP contribution in [0, 0.1) is 17.8 Å². The van der Waals surface area contributed by atoms with E-state index in [0.29, 0.717) is 40.3 Å². The molecule has 2 saturated heterocycles. The largest absolute Gasteiger partial charge is 0.495 e. The number of rotatable bonds is 4. The zero-order valence-electron chi connectivity index (χ0n) is 21.9. The Morgan fingerprint density at radius 3 is 2.38 bits per heavy atom. The highest BCUT2D eigenvalue weighted by Crippen LogP contribution is 2.56. The molecule has 4 atom stereocenters. The highest BCUT2D eigenvalue weighted by atomic mass is 16.5. The van der Waals surface area contributed by atoms with E-state index in [1.165, 1.54) is 12.0 Å². The molecule has 1 aromatic heterocycles. The average molecular weight is 521 g/mol. The number of anilines is 1. The maximum absolute atomic E-state index is 14.5. The Morgan fingerprint density at radius 1 is 0.923 bits per heavy atom. The number of hydrogen-bond donors (Lipinski definition) is 1. The van der Waals surface area contributed by atoms with Gasteiger partial charge < -0.3 is 4.74 Å². The molecule has 0 unspecified atom stereocenters. The monoisotopic (exact) mass is 520 g/mol. The Balaban J connectivity index is 1.52. The lowest BCUT2D eigenvalue weighted by atomic mass is 9.75. The Morgan fingerprint density at radius 2 is 1.62 bits per heavy atom. The summed E-state index contributed by atoms with van der Waals surface area (Å²) in [5.41, 5.74) is 1.12. The lowest BCUT2D eigenvalue weighted by Gasteiger charge is -2.32. The van der Waals surface area contributed by atoms with Crippen molar-refractivity contribution >= 4 is 28.4 Å². The summed E-state index contributed by atoms with van der Waals surface area (Å²) in [6.07, 6.45) is 0.682. The summed E-state index contributed by atoms with van der Waals surface area (Å²) in [6.45, 7) is 4.21. The Bertz CT molecular complexity index is 1740. The van der Waals surface area contributed by atoms with Crippen LogP contribution in [-0.2, 0) is 15.1 Å². The van der Waals surface area contributed by atoms with Crippen LogP contribution >= 0.6 is 0 Å². The van der Waals surface area contributed by atoms with Crippen molar-refractivity contribution < 1.29 is 14.3 Å². The van der Waals surface area contributed by atoms with Gasteiger partial charge >= 0.3 is 0 Å². The molecule has 2 fully saturated rings. The van der Waals surface area contributed by atoms with E-state index < -0.39 is 17.4 Å². The second-order valence-corrected chi connectivity index (χ2v) is 11.0. The maximum atomic E-state index is 14.5. The van der Waals surface area contributed by atoms with Crippen molar-refractivity contribution in [1.82, 2.24) is 14.9 Å². The van der Waals surface area contributed by atoms with Crippen LogP contribution in [0.15, 0.2) is 77.6 Å². The lowest BCUT2D eigenvalue weighted by Crippen LogP contribution is -2.50. The number of fused-ring (bicyclic) bond motifs is 8. The molecule has 1 spiro atoms. The van der Waals surface area contributed by atoms with E-state index in [1.807, 2.05) is 48.5 Å². The molecule has 0 bridgehead atoms. The predicted octanol–water partition coefficient (Wildman–Crippen LogP) is 3.78. The van der Waals surface area contributed by atoms with E-state index in [2.05, 4.69) is 19.2 Å². The van der Waals surface area contributed by atoms with Crippen molar-refractivity contribution in [3.8, 4) is 11.4 Å². The van der Waals surface area contributed by atoms with Crippen molar-refractivity contribution in [1.29, 1.82) is 0 Å². The summed E-state index contributed by atoms with van der Waals surface area (Å²) in [5, 5.41) is 4.25. The third-order valence-electron chi connectivity index (χ3n) is 8.41. The van der Waals surface area contributed by atoms with E-state index in [0.717, 1.165) is 5.56 Å². The topological polar surface area (TPSA) is 93.5 Å². The summed E-state index contributed by atoms with van der Waals surface area (Å²) in [5.74, 6) is -0.826. The molecule has 0 aliphatic carbocycles. The van der Waals surface area contributed by atoms with Crippen molar-refractivity contribution in [2.45, 2.75) is 31.8 Å². The van der Waals surface area contributed by atoms with Crippen LogP contribution in [-0.4, -0.2) is 34.5 Å². The number of carbonyl (C=O) groups excluding carboxylic acids is 2.